The quantitative estimate of drug-likeness (QED) is 0.768. The molecule has 122 valence electrons. The number of nitrogens with one attached hydrogen (secondary N) is 1. The van der Waals surface area contributed by atoms with Gasteiger partial charge in [-0.25, -0.2) is 0 Å². The average molecular weight is 378 g/mol. The number of anilines is 1. The molecule has 0 unspecified atom stereocenters. The van der Waals surface area contributed by atoms with Gasteiger partial charge < -0.3 is 14.8 Å². The van der Waals surface area contributed by atoms with E-state index in [1.54, 1.807) is 0 Å². The molecule has 2 aromatic rings. The average Bonchev–Trinajstić information content (AvgIpc) is 2.54. The molecule has 0 aliphatic heterocycles. The van der Waals surface area contributed by atoms with Crippen molar-refractivity contribution in [3.05, 3.63) is 52.5 Å². The number of benzene rings is 2. The van der Waals surface area contributed by atoms with E-state index in [4.69, 9.17) is 9.47 Å². The molecule has 5 heteroatoms. The number of carbonyl (C=O) groups excluding carboxylic acids is 1. The van der Waals surface area contributed by atoms with Crippen molar-refractivity contribution in [3.63, 3.8) is 0 Å². The Morgan fingerprint density at radius 3 is 2.43 bits per heavy atom. The van der Waals surface area contributed by atoms with Gasteiger partial charge in [-0.1, -0.05) is 22.9 Å². The lowest BCUT2D eigenvalue weighted by molar-refractivity contribution is -0.118. The Hall–Kier alpha value is -2.01. The van der Waals surface area contributed by atoms with Crippen LogP contribution in [0.1, 0.15) is 18.9 Å². The molecule has 0 spiro atoms. The van der Waals surface area contributed by atoms with Gasteiger partial charge in [-0.05, 0) is 61.4 Å². The molecule has 23 heavy (non-hydrogen) atoms. The van der Waals surface area contributed by atoms with Gasteiger partial charge in [0.05, 0.1) is 6.61 Å². The van der Waals surface area contributed by atoms with Crippen molar-refractivity contribution in [1.82, 2.24) is 0 Å². The summed E-state index contributed by atoms with van der Waals surface area (Å²) in [7, 11) is 0. The molecule has 0 bridgehead atoms. The minimum Gasteiger partial charge on any atom is -0.494 e. The Labute approximate surface area is 144 Å². The summed E-state index contributed by atoms with van der Waals surface area (Å²) in [4.78, 5) is 12.0. The van der Waals surface area contributed by atoms with Crippen LogP contribution < -0.4 is 14.8 Å². The zero-order valence-electron chi connectivity index (χ0n) is 13.3. The summed E-state index contributed by atoms with van der Waals surface area (Å²) in [5.74, 6) is 1.27. The summed E-state index contributed by atoms with van der Waals surface area (Å²) in [5, 5.41) is 2.85. The van der Waals surface area contributed by atoms with E-state index in [0.29, 0.717) is 12.4 Å². The highest BCUT2D eigenvalue weighted by atomic mass is 79.9. The molecule has 0 saturated heterocycles. The van der Waals surface area contributed by atoms with Crippen molar-refractivity contribution in [2.45, 2.75) is 20.3 Å². The van der Waals surface area contributed by atoms with Crippen LogP contribution in [0, 0.1) is 6.92 Å². The van der Waals surface area contributed by atoms with Crippen LogP contribution in [-0.4, -0.2) is 19.1 Å². The third-order valence-electron chi connectivity index (χ3n) is 3.13. The predicted molar refractivity (Wildman–Crippen MR) is 95.2 cm³/mol. The number of amides is 1. The third kappa shape index (κ3) is 5.60. The first kappa shape index (κ1) is 17.3. The van der Waals surface area contributed by atoms with Gasteiger partial charge in [0.15, 0.2) is 6.61 Å². The second-order valence-corrected chi connectivity index (χ2v) is 6.03. The van der Waals surface area contributed by atoms with Crippen molar-refractivity contribution < 1.29 is 14.3 Å². The molecule has 4 nitrogen and oxygen atoms in total. The molecule has 0 aliphatic carbocycles. The largest absolute Gasteiger partial charge is 0.494 e. The molecular formula is C18H20BrNO3. The maximum Gasteiger partial charge on any atom is 0.262 e. The van der Waals surface area contributed by atoms with Crippen LogP contribution in [0.15, 0.2) is 46.9 Å². The molecule has 0 fully saturated rings. The molecule has 0 radical (unpaired) electrons. The first-order chi connectivity index (χ1) is 11.1. The predicted octanol–water partition coefficient (Wildman–Crippen LogP) is 4.56. The maximum atomic E-state index is 12.0. The number of hydrogen-bond acceptors (Lipinski definition) is 3. The first-order valence-electron chi connectivity index (χ1n) is 7.50. The number of carbonyl (C=O) groups is 1. The minimum absolute atomic E-state index is 0.0326. The first-order valence-corrected chi connectivity index (χ1v) is 8.29. The standard InChI is InChI=1S/C18H20BrNO3/c1-3-10-22-16-8-9-17(13(2)11-16)20-18(21)12-23-15-6-4-14(19)5-7-15/h4-9,11H,3,10,12H2,1-2H3,(H,20,21). The fraction of sp³-hybridized carbons (Fsp3) is 0.278. The summed E-state index contributed by atoms with van der Waals surface area (Å²) in [5.41, 5.74) is 1.72. The van der Waals surface area contributed by atoms with Crippen molar-refractivity contribution in [1.29, 1.82) is 0 Å². The lowest BCUT2D eigenvalue weighted by Crippen LogP contribution is -2.20. The second kappa shape index (κ2) is 8.58. The zero-order chi connectivity index (χ0) is 16.7. The van der Waals surface area contributed by atoms with Crippen LogP contribution in [0.25, 0.3) is 0 Å². The number of rotatable bonds is 7. The van der Waals surface area contributed by atoms with E-state index < -0.39 is 0 Å². The minimum atomic E-state index is -0.196. The van der Waals surface area contributed by atoms with Gasteiger partial charge in [0.1, 0.15) is 11.5 Å². The summed E-state index contributed by atoms with van der Waals surface area (Å²) in [6, 6.07) is 13.0. The fourth-order valence-electron chi connectivity index (χ4n) is 1.95. The lowest BCUT2D eigenvalue weighted by atomic mass is 10.2. The third-order valence-corrected chi connectivity index (χ3v) is 3.66. The highest BCUT2D eigenvalue weighted by Gasteiger charge is 2.07. The number of ether oxygens (including phenoxy) is 2. The van der Waals surface area contributed by atoms with Crippen molar-refractivity contribution in [2.24, 2.45) is 0 Å². The molecule has 1 N–H and O–H groups in total. The number of hydrogen-bond donors (Lipinski definition) is 1. The summed E-state index contributed by atoms with van der Waals surface area (Å²) >= 11 is 3.35. The van der Waals surface area contributed by atoms with E-state index in [-0.39, 0.29) is 12.5 Å². The zero-order valence-corrected chi connectivity index (χ0v) is 14.9. The van der Waals surface area contributed by atoms with E-state index in [9.17, 15) is 4.79 Å². The van der Waals surface area contributed by atoms with Gasteiger partial charge >= 0.3 is 0 Å². The van der Waals surface area contributed by atoms with Crippen LogP contribution in [0.3, 0.4) is 0 Å². The van der Waals surface area contributed by atoms with Gasteiger partial charge in [-0.3, -0.25) is 4.79 Å². The Morgan fingerprint density at radius 2 is 1.78 bits per heavy atom. The molecule has 2 aromatic carbocycles. The topological polar surface area (TPSA) is 47.6 Å². The molecular weight excluding hydrogens is 358 g/mol. The smallest absolute Gasteiger partial charge is 0.262 e. The Balaban J connectivity index is 1.88. The van der Waals surface area contributed by atoms with Crippen molar-refractivity contribution in [3.8, 4) is 11.5 Å². The lowest BCUT2D eigenvalue weighted by Gasteiger charge is -2.11. The van der Waals surface area contributed by atoms with Crippen molar-refractivity contribution >= 4 is 27.5 Å². The molecule has 0 atom stereocenters. The molecule has 0 aliphatic rings. The van der Waals surface area contributed by atoms with E-state index in [1.807, 2.05) is 49.4 Å². The van der Waals surface area contributed by atoms with Crippen LogP contribution in [0.5, 0.6) is 11.5 Å². The monoisotopic (exact) mass is 377 g/mol. The SMILES string of the molecule is CCCOc1ccc(NC(=O)COc2ccc(Br)cc2)c(C)c1. The summed E-state index contributed by atoms with van der Waals surface area (Å²) in [6.45, 7) is 4.65. The van der Waals surface area contributed by atoms with Gasteiger partial charge in [0, 0.05) is 10.2 Å². The molecule has 0 heterocycles. The number of aryl methyl sites for hydroxylation is 1. The van der Waals surface area contributed by atoms with E-state index in [1.165, 1.54) is 0 Å². The Bertz CT molecular complexity index is 656. The van der Waals surface area contributed by atoms with Crippen LogP contribution >= 0.6 is 15.9 Å². The highest BCUT2D eigenvalue weighted by Crippen LogP contribution is 2.21. The van der Waals surface area contributed by atoms with Crippen molar-refractivity contribution in [2.75, 3.05) is 18.5 Å². The van der Waals surface area contributed by atoms with E-state index >= 15 is 0 Å². The normalized spacial score (nSPS) is 10.2. The van der Waals surface area contributed by atoms with Gasteiger partial charge in [0.2, 0.25) is 0 Å². The number of halogens is 1. The molecule has 0 saturated carbocycles. The molecule has 1 amide bonds. The Morgan fingerprint density at radius 1 is 1.09 bits per heavy atom. The van der Waals surface area contributed by atoms with E-state index in [2.05, 4.69) is 28.2 Å². The van der Waals surface area contributed by atoms with Gasteiger partial charge in [-0.15, -0.1) is 0 Å². The van der Waals surface area contributed by atoms with E-state index in [0.717, 1.165) is 27.9 Å². The molecule has 0 aromatic heterocycles. The van der Waals surface area contributed by atoms with Crippen LogP contribution in [-0.2, 0) is 4.79 Å². The fourth-order valence-corrected chi connectivity index (χ4v) is 2.22. The highest BCUT2D eigenvalue weighted by molar-refractivity contribution is 9.10. The summed E-state index contributed by atoms with van der Waals surface area (Å²) < 4.78 is 12.0. The second-order valence-electron chi connectivity index (χ2n) is 5.12. The van der Waals surface area contributed by atoms with Crippen LogP contribution in [0.2, 0.25) is 0 Å². The maximum absolute atomic E-state index is 12.0. The van der Waals surface area contributed by atoms with Gasteiger partial charge in [0.25, 0.3) is 5.91 Å². The van der Waals surface area contributed by atoms with Crippen LogP contribution in [0.4, 0.5) is 5.69 Å². The summed E-state index contributed by atoms with van der Waals surface area (Å²) in [6.07, 6.45) is 0.963. The molecule has 2 rings (SSSR count). The Kier molecular flexibility index (Phi) is 6.47. The van der Waals surface area contributed by atoms with Gasteiger partial charge in [-0.2, -0.15) is 0 Å².